The van der Waals surface area contributed by atoms with Gasteiger partial charge in [0.15, 0.2) is 11.5 Å². The number of hydrogen-bond acceptors (Lipinski definition) is 6. The molecule has 4 aromatic heterocycles. The fraction of sp³-hybridized carbons (Fsp3) is 0.316. The van der Waals surface area contributed by atoms with Crippen LogP contribution in [-0.2, 0) is 6.54 Å². The van der Waals surface area contributed by atoms with Crippen molar-refractivity contribution in [1.82, 2.24) is 34.6 Å². The van der Waals surface area contributed by atoms with E-state index in [1.54, 1.807) is 16.9 Å². The van der Waals surface area contributed by atoms with Crippen molar-refractivity contribution >= 4 is 11.5 Å². The summed E-state index contributed by atoms with van der Waals surface area (Å²) in [5, 5.41) is 21.1. The van der Waals surface area contributed by atoms with Crippen LogP contribution in [0.5, 0.6) is 0 Å². The van der Waals surface area contributed by atoms with E-state index in [4.69, 9.17) is 5.10 Å². The van der Waals surface area contributed by atoms with Gasteiger partial charge in [0.25, 0.3) is 0 Å². The van der Waals surface area contributed by atoms with Crippen LogP contribution in [-0.4, -0.2) is 34.6 Å². The molecule has 0 bridgehead atoms. The minimum Gasteiger partial charge on any atom is -0.363 e. The number of nitrogens with zero attached hydrogens (tertiary/aromatic N) is 7. The number of nitrogens with one attached hydrogen (secondary N) is 1. The number of aromatic nitrogens is 7. The monoisotopic (exact) mass is 360 g/mol. The van der Waals surface area contributed by atoms with Crippen LogP contribution in [0.2, 0.25) is 0 Å². The molecular formula is C19H20N8. The van der Waals surface area contributed by atoms with Gasteiger partial charge in [0.1, 0.15) is 5.82 Å². The Morgan fingerprint density at radius 2 is 1.81 bits per heavy atom. The SMILES string of the molecule is c1cc(-c2nnc3ccc(NCc4ccn(C5CCCC5)n4)nn23)ccn1. The number of rotatable bonds is 5. The predicted molar refractivity (Wildman–Crippen MR) is 101 cm³/mol. The lowest BCUT2D eigenvalue weighted by Crippen LogP contribution is -2.08. The molecule has 4 aromatic rings. The molecule has 0 aliphatic heterocycles. The molecule has 1 aliphatic carbocycles. The maximum absolute atomic E-state index is 4.71. The first-order chi connectivity index (χ1) is 13.4. The largest absolute Gasteiger partial charge is 0.363 e. The molecule has 0 amide bonds. The minimum atomic E-state index is 0.563. The Morgan fingerprint density at radius 3 is 2.67 bits per heavy atom. The number of anilines is 1. The third kappa shape index (κ3) is 3.14. The summed E-state index contributed by atoms with van der Waals surface area (Å²) in [7, 11) is 0. The van der Waals surface area contributed by atoms with E-state index in [1.807, 2.05) is 24.3 Å². The quantitative estimate of drug-likeness (QED) is 0.588. The first-order valence-corrected chi connectivity index (χ1v) is 9.27. The highest BCUT2D eigenvalue weighted by atomic mass is 15.4. The second kappa shape index (κ2) is 6.79. The molecule has 0 radical (unpaired) electrons. The van der Waals surface area contributed by atoms with Gasteiger partial charge in [-0.15, -0.1) is 15.3 Å². The van der Waals surface area contributed by atoms with E-state index in [9.17, 15) is 0 Å². The first-order valence-electron chi connectivity index (χ1n) is 9.27. The van der Waals surface area contributed by atoms with Gasteiger partial charge in [-0.3, -0.25) is 9.67 Å². The number of fused-ring (bicyclic) bond motifs is 1. The molecule has 8 heteroatoms. The molecule has 0 unspecified atom stereocenters. The van der Waals surface area contributed by atoms with E-state index >= 15 is 0 Å². The molecule has 27 heavy (non-hydrogen) atoms. The molecular weight excluding hydrogens is 340 g/mol. The second-order valence-electron chi connectivity index (χ2n) is 6.83. The first kappa shape index (κ1) is 15.9. The molecule has 136 valence electrons. The Hall–Kier alpha value is -3.29. The van der Waals surface area contributed by atoms with E-state index in [1.165, 1.54) is 25.7 Å². The van der Waals surface area contributed by atoms with Crippen molar-refractivity contribution in [3.05, 3.63) is 54.6 Å². The molecule has 0 spiro atoms. The van der Waals surface area contributed by atoms with Gasteiger partial charge in [-0.25, -0.2) is 0 Å². The molecule has 1 fully saturated rings. The third-order valence-electron chi connectivity index (χ3n) is 5.01. The lowest BCUT2D eigenvalue weighted by molar-refractivity contribution is 0.463. The third-order valence-corrected chi connectivity index (χ3v) is 5.01. The van der Waals surface area contributed by atoms with Crippen molar-refractivity contribution in [2.75, 3.05) is 5.32 Å². The lowest BCUT2D eigenvalue weighted by Gasteiger charge is -2.09. The molecule has 1 aliphatic rings. The molecule has 4 heterocycles. The summed E-state index contributed by atoms with van der Waals surface area (Å²) in [6, 6.07) is 10.2. The normalized spacial score (nSPS) is 14.8. The summed E-state index contributed by atoms with van der Waals surface area (Å²) in [6.07, 6.45) is 10.6. The van der Waals surface area contributed by atoms with Crippen molar-refractivity contribution in [3.63, 3.8) is 0 Å². The molecule has 0 saturated heterocycles. The van der Waals surface area contributed by atoms with Crippen LogP contribution in [0.1, 0.15) is 37.4 Å². The molecule has 1 saturated carbocycles. The number of hydrogen-bond donors (Lipinski definition) is 1. The van der Waals surface area contributed by atoms with E-state index in [0.29, 0.717) is 24.1 Å². The maximum Gasteiger partial charge on any atom is 0.185 e. The summed E-state index contributed by atoms with van der Waals surface area (Å²) in [5.74, 6) is 1.45. The average molecular weight is 360 g/mol. The molecule has 0 atom stereocenters. The summed E-state index contributed by atoms with van der Waals surface area (Å²) in [5.41, 5.74) is 2.65. The van der Waals surface area contributed by atoms with E-state index < -0.39 is 0 Å². The Balaban J connectivity index is 1.35. The van der Waals surface area contributed by atoms with Gasteiger partial charge < -0.3 is 5.32 Å². The zero-order chi connectivity index (χ0) is 18.1. The van der Waals surface area contributed by atoms with Gasteiger partial charge in [-0.1, -0.05) is 12.8 Å². The Labute approximate surface area is 156 Å². The lowest BCUT2D eigenvalue weighted by atomic mass is 10.2. The maximum atomic E-state index is 4.71. The average Bonchev–Trinajstić information content (AvgIpc) is 3.46. The van der Waals surface area contributed by atoms with Gasteiger partial charge in [-0.2, -0.15) is 9.61 Å². The highest BCUT2D eigenvalue weighted by Crippen LogP contribution is 2.28. The van der Waals surface area contributed by atoms with Crippen LogP contribution in [0.25, 0.3) is 17.0 Å². The van der Waals surface area contributed by atoms with Crippen molar-refractivity contribution in [1.29, 1.82) is 0 Å². The summed E-state index contributed by atoms with van der Waals surface area (Å²) in [4.78, 5) is 4.05. The zero-order valence-corrected chi connectivity index (χ0v) is 14.9. The van der Waals surface area contributed by atoms with Crippen molar-refractivity contribution in [3.8, 4) is 11.4 Å². The number of pyridine rings is 1. The summed E-state index contributed by atoms with van der Waals surface area (Å²) >= 11 is 0. The fourth-order valence-electron chi connectivity index (χ4n) is 3.59. The van der Waals surface area contributed by atoms with Crippen LogP contribution in [0.3, 0.4) is 0 Å². The minimum absolute atomic E-state index is 0.563. The van der Waals surface area contributed by atoms with Crippen molar-refractivity contribution in [2.45, 2.75) is 38.3 Å². The van der Waals surface area contributed by atoms with Crippen LogP contribution in [0, 0.1) is 0 Å². The fourth-order valence-corrected chi connectivity index (χ4v) is 3.59. The Bertz CT molecular complexity index is 1050. The van der Waals surface area contributed by atoms with Gasteiger partial charge in [0.2, 0.25) is 0 Å². The van der Waals surface area contributed by atoms with E-state index in [0.717, 1.165) is 17.1 Å². The van der Waals surface area contributed by atoms with Gasteiger partial charge in [0.05, 0.1) is 18.3 Å². The van der Waals surface area contributed by atoms with Crippen LogP contribution >= 0.6 is 0 Å². The summed E-state index contributed by atoms with van der Waals surface area (Å²) in [6.45, 7) is 0.630. The van der Waals surface area contributed by atoms with Crippen LogP contribution < -0.4 is 5.32 Å². The van der Waals surface area contributed by atoms with Gasteiger partial charge in [0, 0.05) is 24.2 Å². The second-order valence-corrected chi connectivity index (χ2v) is 6.83. The van der Waals surface area contributed by atoms with Crippen molar-refractivity contribution < 1.29 is 0 Å². The van der Waals surface area contributed by atoms with E-state index in [2.05, 4.69) is 42.5 Å². The van der Waals surface area contributed by atoms with Crippen LogP contribution in [0.4, 0.5) is 5.82 Å². The van der Waals surface area contributed by atoms with Gasteiger partial charge >= 0.3 is 0 Å². The van der Waals surface area contributed by atoms with Crippen molar-refractivity contribution in [2.24, 2.45) is 0 Å². The zero-order valence-electron chi connectivity index (χ0n) is 14.9. The predicted octanol–water partition coefficient (Wildman–Crippen LogP) is 3.11. The topological polar surface area (TPSA) is 85.8 Å². The van der Waals surface area contributed by atoms with Crippen LogP contribution in [0.15, 0.2) is 48.9 Å². The molecule has 1 N–H and O–H groups in total. The highest BCUT2D eigenvalue weighted by molar-refractivity contribution is 5.58. The standard InChI is InChI=1S/C19H20N8/c1-2-4-16(3-1)26-12-9-15(24-26)13-21-17-5-6-18-22-23-19(27(18)25-17)14-7-10-20-11-8-14/h5-12,16H,1-4,13H2,(H,21,25). The molecule has 0 aromatic carbocycles. The van der Waals surface area contributed by atoms with E-state index in [-0.39, 0.29) is 0 Å². The Kier molecular flexibility index (Phi) is 4.00. The highest BCUT2D eigenvalue weighted by Gasteiger charge is 2.17. The Morgan fingerprint density at radius 1 is 0.963 bits per heavy atom. The molecule has 5 rings (SSSR count). The van der Waals surface area contributed by atoms with Gasteiger partial charge in [-0.05, 0) is 43.2 Å². The smallest absolute Gasteiger partial charge is 0.185 e. The summed E-state index contributed by atoms with van der Waals surface area (Å²) < 4.78 is 3.86. The molecule has 8 nitrogen and oxygen atoms in total.